The molecule has 22 heavy (non-hydrogen) atoms. The standard InChI is InChI=1S/C14H18N2O6/c1-3-21-7-10-6-9(4-5-11(10)20-2)13(18)22-8-12(17)16-14(15)19/h4-6H,3,7-8H2,1-2H3,(H3,15,16,17,19). The van der Waals surface area contributed by atoms with Crippen molar-refractivity contribution in [3.63, 3.8) is 0 Å². The summed E-state index contributed by atoms with van der Waals surface area (Å²) in [5.41, 5.74) is 5.69. The molecule has 8 heteroatoms. The van der Waals surface area contributed by atoms with Gasteiger partial charge in [-0.15, -0.1) is 0 Å². The summed E-state index contributed by atoms with van der Waals surface area (Å²) in [6, 6.07) is 3.66. The number of esters is 1. The topological polar surface area (TPSA) is 117 Å². The van der Waals surface area contributed by atoms with Crippen molar-refractivity contribution >= 4 is 17.9 Å². The van der Waals surface area contributed by atoms with Gasteiger partial charge in [-0.25, -0.2) is 9.59 Å². The van der Waals surface area contributed by atoms with Gasteiger partial charge in [0, 0.05) is 12.2 Å². The van der Waals surface area contributed by atoms with Crippen LogP contribution in [0.15, 0.2) is 18.2 Å². The average Bonchev–Trinajstić information content (AvgIpc) is 2.49. The minimum atomic E-state index is -1.01. The van der Waals surface area contributed by atoms with Gasteiger partial charge < -0.3 is 19.9 Å². The Kier molecular flexibility index (Phi) is 6.84. The molecule has 0 unspecified atom stereocenters. The maximum atomic E-state index is 11.9. The molecule has 0 spiro atoms. The first-order chi connectivity index (χ1) is 10.5. The van der Waals surface area contributed by atoms with E-state index in [1.54, 1.807) is 17.4 Å². The Balaban J connectivity index is 2.72. The highest BCUT2D eigenvalue weighted by Gasteiger charge is 2.14. The molecule has 1 aromatic rings. The lowest BCUT2D eigenvalue weighted by Crippen LogP contribution is -2.37. The Labute approximate surface area is 127 Å². The third-order valence-electron chi connectivity index (χ3n) is 2.57. The molecule has 0 aromatic heterocycles. The molecule has 3 N–H and O–H groups in total. The summed E-state index contributed by atoms with van der Waals surface area (Å²) >= 11 is 0. The number of hydrogen-bond acceptors (Lipinski definition) is 6. The molecule has 3 amide bonds. The number of hydrogen-bond donors (Lipinski definition) is 2. The number of carbonyl (C=O) groups is 3. The molecule has 0 aliphatic carbocycles. The number of ether oxygens (including phenoxy) is 3. The molecule has 0 radical (unpaired) electrons. The van der Waals surface area contributed by atoms with Crippen LogP contribution in [-0.4, -0.2) is 38.2 Å². The van der Waals surface area contributed by atoms with Crippen molar-refractivity contribution in [3.05, 3.63) is 29.3 Å². The van der Waals surface area contributed by atoms with Crippen molar-refractivity contribution in [1.29, 1.82) is 0 Å². The largest absolute Gasteiger partial charge is 0.496 e. The van der Waals surface area contributed by atoms with E-state index < -0.39 is 24.5 Å². The van der Waals surface area contributed by atoms with Crippen molar-refractivity contribution in [3.8, 4) is 5.75 Å². The summed E-state index contributed by atoms with van der Waals surface area (Å²) in [6.07, 6.45) is 0. The van der Waals surface area contributed by atoms with Gasteiger partial charge in [-0.05, 0) is 25.1 Å². The highest BCUT2D eigenvalue weighted by molar-refractivity contribution is 5.96. The molecule has 1 rings (SSSR count). The second-order valence-electron chi connectivity index (χ2n) is 4.15. The summed E-state index contributed by atoms with van der Waals surface area (Å²) in [5, 5.41) is 1.79. The molecule has 120 valence electrons. The van der Waals surface area contributed by atoms with Crippen LogP contribution in [0.5, 0.6) is 5.75 Å². The molecule has 0 aliphatic rings. The van der Waals surface area contributed by atoms with Crippen molar-refractivity contribution < 1.29 is 28.6 Å². The molecule has 0 saturated heterocycles. The fraction of sp³-hybridized carbons (Fsp3) is 0.357. The van der Waals surface area contributed by atoms with Gasteiger partial charge in [0.15, 0.2) is 6.61 Å². The molecule has 8 nitrogen and oxygen atoms in total. The van der Waals surface area contributed by atoms with E-state index in [0.717, 1.165) is 0 Å². The lowest BCUT2D eigenvalue weighted by atomic mass is 10.1. The van der Waals surface area contributed by atoms with Crippen LogP contribution in [0.4, 0.5) is 4.79 Å². The molecular weight excluding hydrogens is 292 g/mol. The summed E-state index contributed by atoms with van der Waals surface area (Å²) in [6.45, 7) is 2.05. The summed E-state index contributed by atoms with van der Waals surface area (Å²) < 4.78 is 15.2. The number of benzene rings is 1. The van der Waals surface area contributed by atoms with E-state index in [1.165, 1.54) is 13.2 Å². The Morgan fingerprint density at radius 1 is 1.27 bits per heavy atom. The number of urea groups is 1. The van der Waals surface area contributed by atoms with Crippen LogP contribution in [0.1, 0.15) is 22.8 Å². The zero-order chi connectivity index (χ0) is 16.5. The fourth-order valence-corrected chi connectivity index (χ4v) is 1.62. The van der Waals surface area contributed by atoms with Gasteiger partial charge in [0.05, 0.1) is 19.3 Å². The number of primary amides is 1. The molecule has 0 bridgehead atoms. The maximum Gasteiger partial charge on any atom is 0.338 e. The predicted molar refractivity (Wildman–Crippen MR) is 76.3 cm³/mol. The lowest BCUT2D eigenvalue weighted by Gasteiger charge is -2.10. The number of amides is 3. The van der Waals surface area contributed by atoms with Crippen LogP contribution < -0.4 is 15.8 Å². The molecule has 0 heterocycles. The minimum absolute atomic E-state index is 0.238. The van der Waals surface area contributed by atoms with Crippen LogP contribution in [0.2, 0.25) is 0 Å². The van der Waals surface area contributed by atoms with Gasteiger partial charge in [0.1, 0.15) is 5.75 Å². The highest BCUT2D eigenvalue weighted by Crippen LogP contribution is 2.21. The number of nitrogens with two attached hydrogens (primary N) is 1. The Morgan fingerprint density at radius 3 is 2.59 bits per heavy atom. The van der Waals surface area contributed by atoms with Crippen molar-refractivity contribution in [2.45, 2.75) is 13.5 Å². The summed E-state index contributed by atoms with van der Waals surface area (Å²) in [4.78, 5) is 33.5. The number of nitrogens with one attached hydrogen (secondary N) is 1. The Bertz CT molecular complexity index is 558. The molecule has 0 saturated carbocycles. The average molecular weight is 310 g/mol. The third kappa shape index (κ3) is 5.41. The molecule has 0 aliphatic heterocycles. The van der Waals surface area contributed by atoms with E-state index in [9.17, 15) is 14.4 Å². The highest BCUT2D eigenvalue weighted by atomic mass is 16.5. The van der Waals surface area contributed by atoms with Gasteiger partial charge in [0.2, 0.25) is 0 Å². The van der Waals surface area contributed by atoms with Gasteiger partial charge in [-0.2, -0.15) is 0 Å². The monoisotopic (exact) mass is 310 g/mol. The Morgan fingerprint density at radius 2 is 2.00 bits per heavy atom. The van der Waals surface area contributed by atoms with Gasteiger partial charge in [-0.3, -0.25) is 10.1 Å². The smallest absolute Gasteiger partial charge is 0.338 e. The first-order valence-corrected chi connectivity index (χ1v) is 6.49. The maximum absolute atomic E-state index is 11.9. The molecule has 0 fully saturated rings. The first kappa shape index (κ1) is 17.4. The lowest BCUT2D eigenvalue weighted by molar-refractivity contribution is -0.123. The predicted octanol–water partition coefficient (Wildman–Crippen LogP) is 0.583. The number of imide groups is 1. The van der Waals surface area contributed by atoms with E-state index in [-0.39, 0.29) is 12.2 Å². The van der Waals surface area contributed by atoms with Crippen molar-refractivity contribution in [2.24, 2.45) is 5.73 Å². The summed E-state index contributed by atoms with van der Waals surface area (Å²) in [5.74, 6) is -0.930. The van der Waals surface area contributed by atoms with Gasteiger partial charge in [0.25, 0.3) is 5.91 Å². The first-order valence-electron chi connectivity index (χ1n) is 6.49. The zero-order valence-corrected chi connectivity index (χ0v) is 12.4. The summed E-state index contributed by atoms with van der Waals surface area (Å²) in [7, 11) is 1.51. The minimum Gasteiger partial charge on any atom is -0.496 e. The van der Waals surface area contributed by atoms with Crippen LogP contribution in [0.25, 0.3) is 0 Å². The van der Waals surface area contributed by atoms with Crippen molar-refractivity contribution in [1.82, 2.24) is 5.32 Å². The Hall–Kier alpha value is -2.61. The molecule has 1 aromatic carbocycles. The number of methoxy groups -OCH3 is 1. The third-order valence-corrected chi connectivity index (χ3v) is 2.57. The zero-order valence-electron chi connectivity index (χ0n) is 12.4. The van der Waals surface area contributed by atoms with Crippen LogP contribution >= 0.6 is 0 Å². The van der Waals surface area contributed by atoms with Gasteiger partial charge >= 0.3 is 12.0 Å². The molecular formula is C14H18N2O6. The van der Waals surface area contributed by atoms with E-state index in [4.69, 9.17) is 19.9 Å². The van der Waals surface area contributed by atoms with Crippen molar-refractivity contribution in [2.75, 3.05) is 20.3 Å². The number of carbonyl (C=O) groups excluding carboxylic acids is 3. The second kappa shape index (κ2) is 8.63. The normalized spacial score (nSPS) is 9.91. The van der Waals surface area contributed by atoms with E-state index in [0.29, 0.717) is 17.9 Å². The van der Waals surface area contributed by atoms with Crippen LogP contribution in [0, 0.1) is 0 Å². The van der Waals surface area contributed by atoms with E-state index in [1.807, 2.05) is 6.92 Å². The van der Waals surface area contributed by atoms with E-state index >= 15 is 0 Å². The second-order valence-corrected chi connectivity index (χ2v) is 4.15. The number of rotatable bonds is 7. The van der Waals surface area contributed by atoms with Crippen LogP contribution in [-0.2, 0) is 20.9 Å². The van der Waals surface area contributed by atoms with E-state index in [2.05, 4.69) is 0 Å². The SMILES string of the molecule is CCOCc1cc(C(=O)OCC(=O)NC(N)=O)ccc1OC. The van der Waals surface area contributed by atoms with Crippen LogP contribution in [0.3, 0.4) is 0 Å². The van der Waals surface area contributed by atoms with Gasteiger partial charge in [-0.1, -0.05) is 0 Å². The fourth-order valence-electron chi connectivity index (χ4n) is 1.62. The quantitative estimate of drug-likeness (QED) is 0.712. The molecule has 0 atom stereocenters.